The van der Waals surface area contributed by atoms with Crippen LogP contribution < -0.4 is 5.32 Å². The maximum absolute atomic E-state index is 12.4. The molecule has 0 radical (unpaired) electrons. The van der Waals surface area contributed by atoms with Crippen molar-refractivity contribution in [2.24, 2.45) is 5.41 Å². The molecular formula is C15H27N3O3. The van der Waals surface area contributed by atoms with Gasteiger partial charge in [-0.05, 0) is 38.8 Å². The number of carboxylic acid groups (broad SMARTS) is 1. The van der Waals surface area contributed by atoms with Gasteiger partial charge in [0.1, 0.15) is 0 Å². The zero-order valence-corrected chi connectivity index (χ0v) is 12.9. The molecule has 0 atom stereocenters. The van der Waals surface area contributed by atoms with Crippen molar-refractivity contribution in [2.45, 2.75) is 32.6 Å². The van der Waals surface area contributed by atoms with Gasteiger partial charge >= 0.3 is 5.97 Å². The first-order chi connectivity index (χ1) is 10.1. The van der Waals surface area contributed by atoms with E-state index in [4.69, 9.17) is 0 Å². The Morgan fingerprint density at radius 2 is 1.86 bits per heavy atom. The lowest BCUT2D eigenvalue weighted by molar-refractivity contribution is -0.154. The number of rotatable bonds is 4. The minimum Gasteiger partial charge on any atom is -0.481 e. The van der Waals surface area contributed by atoms with Crippen molar-refractivity contribution in [1.82, 2.24) is 15.1 Å². The zero-order valence-electron chi connectivity index (χ0n) is 12.9. The van der Waals surface area contributed by atoms with Gasteiger partial charge in [-0.3, -0.25) is 14.5 Å². The van der Waals surface area contributed by atoms with Crippen molar-refractivity contribution < 1.29 is 14.7 Å². The molecule has 120 valence electrons. The van der Waals surface area contributed by atoms with Crippen molar-refractivity contribution in [1.29, 1.82) is 0 Å². The molecule has 1 amide bonds. The van der Waals surface area contributed by atoms with E-state index in [9.17, 15) is 14.7 Å². The number of aliphatic carboxylic acids is 1. The fourth-order valence-corrected chi connectivity index (χ4v) is 3.25. The van der Waals surface area contributed by atoms with Crippen LogP contribution in [0.2, 0.25) is 0 Å². The summed E-state index contributed by atoms with van der Waals surface area (Å²) in [5.41, 5.74) is -0.622. The molecule has 2 rings (SSSR count). The topological polar surface area (TPSA) is 72.9 Å². The van der Waals surface area contributed by atoms with Gasteiger partial charge in [0.2, 0.25) is 5.91 Å². The van der Waals surface area contributed by atoms with E-state index in [0.717, 1.165) is 32.6 Å². The summed E-state index contributed by atoms with van der Waals surface area (Å²) in [5.74, 6) is -0.567. The summed E-state index contributed by atoms with van der Waals surface area (Å²) in [5, 5.41) is 12.7. The van der Waals surface area contributed by atoms with Crippen LogP contribution in [0.4, 0.5) is 0 Å². The Hall–Kier alpha value is -1.14. The Kier molecular flexibility index (Phi) is 5.58. The van der Waals surface area contributed by atoms with Gasteiger partial charge in [-0.15, -0.1) is 0 Å². The molecule has 0 aromatic carbocycles. The number of carboxylic acids is 1. The van der Waals surface area contributed by atoms with E-state index in [0.29, 0.717) is 38.9 Å². The summed E-state index contributed by atoms with van der Waals surface area (Å²) >= 11 is 0. The summed E-state index contributed by atoms with van der Waals surface area (Å²) in [4.78, 5) is 27.8. The predicted molar refractivity (Wildman–Crippen MR) is 80.1 cm³/mol. The molecule has 0 bridgehead atoms. The largest absolute Gasteiger partial charge is 0.481 e. The number of hydrogen-bond donors (Lipinski definition) is 2. The van der Waals surface area contributed by atoms with Gasteiger partial charge in [-0.1, -0.05) is 6.92 Å². The second-order valence-electron chi connectivity index (χ2n) is 6.20. The third-order valence-electron chi connectivity index (χ3n) is 5.00. The molecule has 2 saturated heterocycles. The number of nitrogens with zero attached hydrogens (tertiary/aromatic N) is 2. The number of carbonyl (C=O) groups is 2. The third-order valence-corrected chi connectivity index (χ3v) is 5.00. The highest BCUT2D eigenvalue weighted by Crippen LogP contribution is 2.35. The van der Waals surface area contributed by atoms with Crippen molar-refractivity contribution in [3.8, 4) is 0 Å². The highest BCUT2D eigenvalue weighted by Gasteiger charge is 2.40. The van der Waals surface area contributed by atoms with Crippen LogP contribution in [-0.2, 0) is 9.59 Å². The van der Waals surface area contributed by atoms with Gasteiger partial charge in [-0.2, -0.15) is 0 Å². The molecule has 2 N–H and O–H groups in total. The molecule has 21 heavy (non-hydrogen) atoms. The van der Waals surface area contributed by atoms with Crippen LogP contribution in [0.25, 0.3) is 0 Å². The third kappa shape index (κ3) is 3.95. The molecule has 0 spiro atoms. The maximum atomic E-state index is 12.4. The van der Waals surface area contributed by atoms with Gasteiger partial charge in [0.25, 0.3) is 0 Å². The standard InChI is InChI=1S/C15H27N3O3/c1-2-15(14(20)21)4-9-18(10-5-15)13(19)12-17-8-3-6-16-7-11-17/h16H,2-12H2,1H3,(H,20,21). The van der Waals surface area contributed by atoms with Crippen LogP contribution in [0, 0.1) is 5.41 Å². The predicted octanol–water partition coefficient (Wildman–Crippen LogP) is 0.385. The summed E-state index contributed by atoms with van der Waals surface area (Å²) < 4.78 is 0. The molecule has 2 heterocycles. The van der Waals surface area contributed by atoms with Crippen molar-refractivity contribution in [3.05, 3.63) is 0 Å². The first-order valence-electron chi connectivity index (χ1n) is 8.02. The van der Waals surface area contributed by atoms with E-state index in [1.54, 1.807) is 0 Å². The molecule has 0 saturated carbocycles. The van der Waals surface area contributed by atoms with Crippen LogP contribution in [0.5, 0.6) is 0 Å². The van der Waals surface area contributed by atoms with Crippen molar-refractivity contribution >= 4 is 11.9 Å². The van der Waals surface area contributed by atoms with Crippen LogP contribution in [0.1, 0.15) is 32.6 Å². The van der Waals surface area contributed by atoms with E-state index in [-0.39, 0.29) is 5.91 Å². The Labute approximate surface area is 126 Å². The molecule has 6 nitrogen and oxygen atoms in total. The Bertz CT molecular complexity index is 370. The average molecular weight is 297 g/mol. The van der Waals surface area contributed by atoms with Gasteiger partial charge in [-0.25, -0.2) is 0 Å². The average Bonchev–Trinajstić information content (AvgIpc) is 2.75. The van der Waals surface area contributed by atoms with Crippen LogP contribution in [0.15, 0.2) is 0 Å². The molecule has 0 aromatic rings. The van der Waals surface area contributed by atoms with E-state index in [1.165, 1.54) is 0 Å². The first kappa shape index (κ1) is 16.2. The van der Waals surface area contributed by atoms with Gasteiger partial charge in [0, 0.05) is 26.2 Å². The summed E-state index contributed by atoms with van der Waals surface area (Å²) in [7, 11) is 0. The van der Waals surface area contributed by atoms with Gasteiger partial charge < -0.3 is 15.3 Å². The molecule has 2 aliphatic heterocycles. The van der Waals surface area contributed by atoms with E-state index < -0.39 is 11.4 Å². The number of carbonyl (C=O) groups excluding carboxylic acids is 1. The summed E-state index contributed by atoms with van der Waals surface area (Å²) in [6.45, 7) is 7.37. The minimum atomic E-state index is -0.712. The lowest BCUT2D eigenvalue weighted by Gasteiger charge is -2.39. The Morgan fingerprint density at radius 1 is 1.14 bits per heavy atom. The van der Waals surface area contributed by atoms with Gasteiger partial charge in [0.15, 0.2) is 0 Å². The second-order valence-corrected chi connectivity index (χ2v) is 6.20. The number of hydrogen-bond acceptors (Lipinski definition) is 4. The number of nitrogens with one attached hydrogen (secondary N) is 1. The number of amides is 1. The maximum Gasteiger partial charge on any atom is 0.309 e. The van der Waals surface area contributed by atoms with Crippen LogP contribution >= 0.6 is 0 Å². The Balaban J connectivity index is 1.83. The van der Waals surface area contributed by atoms with E-state index >= 15 is 0 Å². The first-order valence-corrected chi connectivity index (χ1v) is 8.02. The van der Waals surface area contributed by atoms with Gasteiger partial charge in [0.05, 0.1) is 12.0 Å². The van der Waals surface area contributed by atoms with Crippen molar-refractivity contribution in [3.63, 3.8) is 0 Å². The lowest BCUT2D eigenvalue weighted by Crippen LogP contribution is -2.49. The van der Waals surface area contributed by atoms with Crippen LogP contribution in [0.3, 0.4) is 0 Å². The fourth-order valence-electron chi connectivity index (χ4n) is 3.25. The van der Waals surface area contributed by atoms with E-state index in [1.807, 2.05) is 11.8 Å². The number of piperidine rings is 1. The monoisotopic (exact) mass is 297 g/mol. The summed E-state index contributed by atoms with van der Waals surface area (Å²) in [6, 6.07) is 0. The van der Waals surface area contributed by atoms with Crippen LogP contribution in [-0.4, -0.2) is 72.6 Å². The highest BCUT2D eigenvalue weighted by atomic mass is 16.4. The molecule has 0 unspecified atom stereocenters. The molecule has 2 aliphatic rings. The molecule has 0 aliphatic carbocycles. The Morgan fingerprint density at radius 3 is 2.48 bits per heavy atom. The molecule has 6 heteroatoms. The molecule has 0 aromatic heterocycles. The molecule has 2 fully saturated rings. The highest BCUT2D eigenvalue weighted by molar-refractivity contribution is 5.79. The quantitative estimate of drug-likeness (QED) is 0.785. The number of likely N-dealkylation sites (tertiary alicyclic amines) is 1. The lowest BCUT2D eigenvalue weighted by atomic mass is 9.76. The summed E-state index contributed by atoms with van der Waals surface area (Å²) in [6.07, 6.45) is 2.87. The SMILES string of the molecule is CCC1(C(=O)O)CCN(C(=O)CN2CCCNCC2)CC1. The fraction of sp³-hybridized carbons (Fsp3) is 0.867. The second kappa shape index (κ2) is 7.22. The smallest absolute Gasteiger partial charge is 0.309 e. The van der Waals surface area contributed by atoms with Crippen molar-refractivity contribution in [2.75, 3.05) is 45.8 Å². The van der Waals surface area contributed by atoms with E-state index in [2.05, 4.69) is 10.2 Å². The normalized spacial score (nSPS) is 23.6. The molecular weight excluding hydrogens is 270 g/mol. The zero-order chi connectivity index (χ0) is 15.3. The minimum absolute atomic E-state index is 0.145.